The summed E-state index contributed by atoms with van der Waals surface area (Å²) in [6.45, 7) is 3.62. The quantitative estimate of drug-likeness (QED) is 0.541. The van der Waals surface area contributed by atoms with Gasteiger partial charge in [-0.2, -0.15) is 0 Å². The summed E-state index contributed by atoms with van der Waals surface area (Å²) in [7, 11) is 3.89. The van der Waals surface area contributed by atoms with E-state index >= 15 is 0 Å². The topological polar surface area (TPSA) is 20.3 Å². The van der Waals surface area contributed by atoms with Crippen molar-refractivity contribution < 1.29 is 4.79 Å². The Kier molecular flexibility index (Phi) is 4.10. The molecule has 15 heavy (non-hydrogen) atoms. The van der Waals surface area contributed by atoms with Crippen molar-refractivity contribution in [1.82, 2.24) is 0 Å². The number of hydrogen-bond acceptors (Lipinski definition) is 2. The van der Waals surface area contributed by atoms with E-state index in [4.69, 9.17) is 0 Å². The maximum atomic E-state index is 11.9. The molecular formula is C13H17NO. The monoisotopic (exact) mass is 203 g/mol. The fraction of sp³-hybridized carbons (Fsp3) is 0.308. The molecule has 0 amide bonds. The SMILES string of the molecule is C=CCCC(=O)c1ccccc1N(C)C. The molecule has 0 aromatic heterocycles. The minimum absolute atomic E-state index is 0.180. The lowest BCUT2D eigenvalue weighted by Crippen LogP contribution is -2.13. The second-order valence-electron chi connectivity index (χ2n) is 3.66. The lowest BCUT2D eigenvalue weighted by atomic mass is 10.0. The van der Waals surface area contributed by atoms with Crippen LogP contribution in [-0.4, -0.2) is 19.9 Å². The van der Waals surface area contributed by atoms with Gasteiger partial charge in [0.15, 0.2) is 5.78 Å². The Labute approximate surface area is 91.2 Å². The second kappa shape index (κ2) is 5.35. The predicted octanol–water partition coefficient (Wildman–Crippen LogP) is 2.90. The minimum atomic E-state index is 0.180. The molecule has 0 fully saturated rings. The summed E-state index contributed by atoms with van der Waals surface area (Å²) in [6, 6.07) is 7.68. The third-order valence-corrected chi connectivity index (χ3v) is 2.26. The van der Waals surface area contributed by atoms with Crippen molar-refractivity contribution in [3.05, 3.63) is 42.5 Å². The van der Waals surface area contributed by atoms with E-state index in [1.54, 1.807) is 6.08 Å². The largest absolute Gasteiger partial charge is 0.377 e. The Hall–Kier alpha value is -1.57. The van der Waals surface area contributed by atoms with E-state index in [2.05, 4.69) is 6.58 Å². The molecule has 0 aliphatic heterocycles. The zero-order valence-electron chi connectivity index (χ0n) is 9.36. The van der Waals surface area contributed by atoms with E-state index in [1.165, 1.54) is 0 Å². The number of allylic oxidation sites excluding steroid dienone is 1. The molecule has 2 heteroatoms. The molecule has 1 aromatic carbocycles. The van der Waals surface area contributed by atoms with Crippen LogP contribution in [0.4, 0.5) is 5.69 Å². The molecule has 2 nitrogen and oxygen atoms in total. The minimum Gasteiger partial charge on any atom is -0.377 e. The molecule has 0 aliphatic rings. The summed E-state index contributed by atoms with van der Waals surface area (Å²) in [6.07, 6.45) is 3.05. The first-order valence-corrected chi connectivity index (χ1v) is 5.07. The van der Waals surface area contributed by atoms with Crippen LogP contribution in [0.3, 0.4) is 0 Å². The highest BCUT2D eigenvalue weighted by molar-refractivity contribution is 6.01. The highest BCUT2D eigenvalue weighted by Crippen LogP contribution is 2.19. The van der Waals surface area contributed by atoms with E-state index in [-0.39, 0.29) is 5.78 Å². The van der Waals surface area contributed by atoms with Crippen LogP contribution in [0.25, 0.3) is 0 Å². The third-order valence-electron chi connectivity index (χ3n) is 2.26. The number of carbonyl (C=O) groups excluding carboxylic acids is 1. The second-order valence-corrected chi connectivity index (χ2v) is 3.66. The average Bonchev–Trinajstić information content (AvgIpc) is 2.25. The van der Waals surface area contributed by atoms with Crippen LogP contribution in [0, 0.1) is 0 Å². The van der Waals surface area contributed by atoms with Crippen LogP contribution in [0.1, 0.15) is 23.2 Å². The number of benzene rings is 1. The van der Waals surface area contributed by atoms with E-state index in [0.717, 1.165) is 17.7 Å². The highest BCUT2D eigenvalue weighted by atomic mass is 16.1. The van der Waals surface area contributed by atoms with Crippen LogP contribution in [0.15, 0.2) is 36.9 Å². The molecular weight excluding hydrogens is 186 g/mol. The Morgan fingerprint density at radius 2 is 2.07 bits per heavy atom. The molecule has 0 heterocycles. The molecule has 0 atom stereocenters. The molecule has 0 spiro atoms. The van der Waals surface area contributed by atoms with Gasteiger partial charge in [0.25, 0.3) is 0 Å². The maximum absolute atomic E-state index is 11.9. The zero-order valence-corrected chi connectivity index (χ0v) is 9.36. The molecule has 0 bridgehead atoms. The zero-order chi connectivity index (χ0) is 11.3. The van der Waals surface area contributed by atoms with Gasteiger partial charge < -0.3 is 4.90 Å². The van der Waals surface area contributed by atoms with Gasteiger partial charge in [0.1, 0.15) is 0 Å². The van der Waals surface area contributed by atoms with Gasteiger partial charge in [-0.3, -0.25) is 4.79 Å². The van der Waals surface area contributed by atoms with Crippen molar-refractivity contribution in [3.8, 4) is 0 Å². The van der Waals surface area contributed by atoms with Crippen LogP contribution in [0.2, 0.25) is 0 Å². The summed E-state index contributed by atoms with van der Waals surface area (Å²) < 4.78 is 0. The molecule has 0 aliphatic carbocycles. The normalized spacial score (nSPS) is 9.73. The average molecular weight is 203 g/mol. The number of hydrogen-bond donors (Lipinski definition) is 0. The fourth-order valence-corrected chi connectivity index (χ4v) is 1.47. The number of para-hydroxylation sites is 1. The summed E-state index contributed by atoms with van der Waals surface area (Å²) >= 11 is 0. The van der Waals surface area contributed by atoms with Crippen LogP contribution < -0.4 is 4.90 Å². The van der Waals surface area contributed by atoms with Gasteiger partial charge in [-0.05, 0) is 18.6 Å². The predicted molar refractivity (Wildman–Crippen MR) is 64.5 cm³/mol. The Bertz CT molecular complexity index is 355. The first-order chi connectivity index (χ1) is 7.16. The molecule has 0 saturated heterocycles. The molecule has 0 saturated carbocycles. The summed E-state index contributed by atoms with van der Waals surface area (Å²) in [5.41, 5.74) is 1.77. The number of anilines is 1. The Morgan fingerprint density at radius 3 is 2.67 bits per heavy atom. The lowest BCUT2D eigenvalue weighted by molar-refractivity contribution is 0.0984. The van der Waals surface area contributed by atoms with E-state index in [0.29, 0.717) is 6.42 Å². The standard InChI is InChI=1S/C13H17NO/c1-4-5-10-13(15)11-8-6-7-9-12(11)14(2)3/h4,6-9H,1,5,10H2,2-3H3. The smallest absolute Gasteiger partial charge is 0.165 e. The number of carbonyl (C=O) groups is 1. The number of rotatable bonds is 5. The summed E-state index contributed by atoms with van der Waals surface area (Å²) in [5, 5.41) is 0. The molecule has 0 radical (unpaired) electrons. The van der Waals surface area contributed by atoms with Gasteiger partial charge in [0.05, 0.1) is 0 Å². The first kappa shape index (κ1) is 11.5. The number of ketones is 1. The van der Waals surface area contributed by atoms with Gasteiger partial charge in [0, 0.05) is 31.8 Å². The highest BCUT2D eigenvalue weighted by Gasteiger charge is 2.10. The first-order valence-electron chi connectivity index (χ1n) is 5.07. The van der Waals surface area contributed by atoms with Crippen LogP contribution in [-0.2, 0) is 0 Å². The van der Waals surface area contributed by atoms with Crippen molar-refractivity contribution in [3.63, 3.8) is 0 Å². The van der Waals surface area contributed by atoms with Gasteiger partial charge in [-0.25, -0.2) is 0 Å². The lowest BCUT2D eigenvalue weighted by Gasteiger charge is -2.16. The van der Waals surface area contributed by atoms with Gasteiger partial charge in [-0.15, -0.1) is 6.58 Å². The van der Waals surface area contributed by atoms with Gasteiger partial charge in [0.2, 0.25) is 0 Å². The maximum Gasteiger partial charge on any atom is 0.165 e. The van der Waals surface area contributed by atoms with Crippen LogP contribution in [0.5, 0.6) is 0 Å². The van der Waals surface area contributed by atoms with Gasteiger partial charge >= 0.3 is 0 Å². The van der Waals surface area contributed by atoms with Crippen LogP contribution >= 0.6 is 0 Å². The fourth-order valence-electron chi connectivity index (χ4n) is 1.47. The van der Waals surface area contributed by atoms with E-state index in [1.807, 2.05) is 43.3 Å². The molecule has 80 valence electrons. The van der Waals surface area contributed by atoms with Crippen molar-refractivity contribution in [2.24, 2.45) is 0 Å². The van der Waals surface area contributed by atoms with Crippen molar-refractivity contribution in [1.29, 1.82) is 0 Å². The Balaban J connectivity index is 2.92. The number of nitrogens with zero attached hydrogens (tertiary/aromatic N) is 1. The van der Waals surface area contributed by atoms with Crippen molar-refractivity contribution >= 4 is 11.5 Å². The Morgan fingerprint density at radius 1 is 1.40 bits per heavy atom. The van der Waals surface area contributed by atoms with Gasteiger partial charge in [-0.1, -0.05) is 18.2 Å². The molecule has 1 rings (SSSR count). The number of Topliss-reactive ketones (excluding diaryl/α,β-unsaturated/α-hetero) is 1. The van der Waals surface area contributed by atoms with E-state index in [9.17, 15) is 4.79 Å². The summed E-state index contributed by atoms with van der Waals surface area (Å²) in [5.74, 6) is 0.180. The molecule has 0 N–H and O–H groups in total. The molecule has 1 aromatic rings. The summed E-state index contributed by atoms with van der Waals surface area (Å²) in [4.78, 5) is 13.8. The van der Waals surface area contributed by atoms with Crippen molar-refractivity contribution in [2.75, 3.05) is 19.0 Å². The third kappa shape index (κ3) is 2.94. The van der Waals surface area contributed by atoms with E-state index < -0.39 is 0 Å². The van der Waals surface area contributed by atoms with Crippen molar-refractivity contribution in [2.45, 2.75) is 12.8 Å². The molecule has 0 unspecified atom stereocenters.